The summed E-state index contributed by atoms with van der Waals surface area (Å²) < 4.78 is 0. The van der Waals surface area contributed by atoms with Crippen molar-refractivity contribution in [3.63, 3.8) is 0 Å². The fraction of sp³-hybridized carbons (Fsp3) is 0.478. The highest BCUT2D eigenvalue weighted by Crippen LogP contribution is 2.65. The predicted octanol–water partition coefficient (Wildman–Crippen LogP) is 5.20. The molecule has 3 fully saturated rings. The molecule has 0 saturated heterocycles. The van der Waals surface area contributed by atoms with Gasteiger partial charge in [-0.25, -0.2) is 0 Å². The largest absolute Gasteiger partial charge is 0.344 e. The molecule has 146 valence electrons. The molecule has 3 nitrogen and oxygen atoms in total. The van der Waals surface area contributed by atoms with Crippen LogP contribution in [0, 0.1) is 23.7 Å². The maximum absolute atomic E-state index is 13.0. The number of amides is 1. The normalized spacial score (nSPS) is 36.9. The number of rotatable bonds is 4. The first-order valence-electron chi connectivity index (χ1n) is 10.1. The fourth-order valence-electron chi connectivity index (χ4n) is 6.19. The maximum atomic E-state index is 13.0. The number of alkyl halides is 2. The Labute approximate surface area is 175 Å². The molecule has 7 atom stereocenters. The first-order valence-corrected chi connectivity index (χ1v) is 11.0. The second-order valence-electron chi connectivity index (χ2n) is 8.72. The second-order valence-corrected chi connectivity index (χ2v) is 10.0. The van der Waals surface area contributed by atoms with Crippen molar-refractivity contribution in [3.8, 4) is 0 Å². The topological polar surface area (TPSA) is 42.0 Å². The van der Waals surface area contributed by atoms with Gasteiger partial charge >= 0.3 is 0 Å². The monoisotopic (exact) mass is 414 g/mol. The Bertz CT molecular complexity index is 857. The van der Waals surface area contributed by atoms with Crippen LogP contribution in [0.4, 0.5) is 0 Å². The minimum atomic E-state index is -0.356. The van der Waals surface area contributed by atoms with E-state index in [9.17, 15) is 4.79 Å². The van der Waals surface area contributed by atoms with E-state index in [0.717, 1.165) is 24.8 Å². The molecule has 3 aliphatic rings. The van der Waals surface area contributed by atoms with Gasteiger partial charge in [0.05, 0.1) is 10.9 Å². The van der Waals surface area contributed by atoms with Gasteiger partial charge < -0.3 is 5.32 Å². The number of carbonyl (C=O) groups excluding carboxylic acids is 1. The number of halogens is 2. The number of benzene rings is 1. The highest BCUT2D eigenvalue weighted by atomic mass is 35.5. The van der Waals surface area contributed by atoms with E-state index in [4.69, 9.17) is 23.2 Å². The molecule has 2 aromatic rings. The molecule has 1 N–H and O–H groups in total. The quantitative estimate of drug-likeness (QED) is 0.698. The van der Waals surface area contributed by atoms with Crippen molar-refractivity contribution in [1.29, 1.82) is 0 Å². The number of carbonyl (C=O) groups is 1. The van der Waals surface area contributed by atoms with Gasteiger partial charge in [-0.15, -0.1) is 23.2 Å². The Morgan fingerprint density at radius 3 is 2.61 bits per heavy atom. The molecule has 3 unspecified atom stereocenters. The summed E-state index contributed by atoms with van der Waals surface area (Å²) in [5, 5.41) is 3.44. The summed E-state index contributed by atoms with van der Waals surface area (Å²) in [4.78, 5) is 16.9. The van der Waals surface area contributed by atoms with E-state index in [-0.39, 0.29) is 28.1 Å². The Balaban J connectivity index is 1.53. The van der Waals surface area contributed by atoms with Crippen molar-refractivity contribution in [3.05, 3.63) is 66.0 Å². The molecule has 28 heavy (non-hydrogen) atoms. The minimum Gasteiger partial charge on any atom is -0.344 e. The van der Waals surface area contributed by atoms with Gasteiger partial charge in [0, 0.05) is 17.5 Å². The molecule has 5 heteroatoms. The zero-order chi connectivity index (χ0) is 19.3. The molecule has 3 aliphatic carbocycles. The van der Waals surface area contributed by atoms with E-state index in [1.807, 2.05) is 30.3 Å². The van der Waals surface area contributed by atoms with Crippen LogP contribution in [0.25, 0.3) is 0 Å². The summed E-state index contributed by atoms with van der Waals surface area (Å²) in [6, 6.07) is 15.5. The number of nitrogens with zero attached hydrogens (tertiary/aromatic N) is 1. The molecule has 1 heterocycles. The van der Waals surface area contributed by atoms with Gasteiger partial charge in [-0.1, -0.05) is 36.4 Å². The molecule has 3 bridgehead atoms. The summed E-state index contributed by atoms with van der Waals surface area (Å²) >= 11 is 14.1. The minimum absolute atomic E-state index is 0.139. The van der Waals surface area contributed by atoms with E-state index < -0.39 is 0 Å². The highest BCUT2D eigenvalue weighted by molar-refractivity contribution is 6.26. The highest BCUT2D eigenvalue weighted by Gasteiger charge is 2.61. The molecule has 0 spiro atoms. The summed E-state index contributed by atoms with van der Waals surface area (Å²) in [5.74, 6) is 1.74. The van der Waals surface area contributed by atoms with Gasteiger partial charge in [0.2, 0.25) is 0 Å². The summed E-state index contributed by atoms with van der Waals surface area (Å²) in [5.41, 5.74) is 1.54. The van der Waals surface area contributed by atoms with E-state index in [2.05, 4.69) is 22.4 Å². The van der Waals surface area contributed by atoms with Crippen LogP contribution < -0.4 is 5.32 Å². The number of aromatic nitrogens is 1. The van der Waals surface area contributed by atoms with Crippen LogP contribution in [0.3, 0.4) is 0 Å². The third-order valence-electron chi connectivity index (χ3n) is 7.19. The Hall–Kier alpha value is -1.58. The lowest BCUT2D eigenvalue weighted by molar-refractivity contribution is 0.0794. The van der Waals surface area contributed by atoms with Crippen LogP contribution in [0.1, 0.15) is 47.8 Å². The zero-order valence-electron chi connectivity index (χ0n) is 15.6. The Kier molecular flexibility index (Phi) is 4.64. The van der Waals surface area contributed by atoms with E-state index >= 15 is 0 Å². The molecular weight excluding hydrogens is 391 g/mol. The van der Waals surface area contributed by atoms with Crippen molar-refractivity contribution >= 4 is 29.1 Å². The first kappa shape index (κ1) is 18.4. The fourth-order valence-corrected chi connectivity index (χ4v) is 7.52. The average Bonchev–Trinajstić information content (AvgIpc) is 3.03. The molecule has 0 radical (unpaired) electrons. The van der Waals surface area contributed by atoms with Gasteiger partial charge in [-0.3, -0.25) is 9.78 Å². The summed E-state index contributed by atoms with van der Waals surface area (Å²) in [6.07, 6.45) is 5.78. The number of pyridine rings is 1. The van der Waals surface area contributed by atoms with Crippen LogP contribution in [-0.4, -0.2) is 21.1 Å². The zero-order valence-corrected chi connectivity index (χ0v) is 17.1. The van der Waals surface area contributed by atoms with E-state index in [1.54, 1.807) is 12.3 Å². The van der Waals surface area contributed by atoms with Crippen LogP contribution in [0.15, 0.2) is 54.7 Å². The van der Waals surface area contributed by atoms with Crippen molar-refractivity contribution in [2.75, 3.05) is 0 Å². The van der Waals surface area contributed by atoms with Crippen LogP contribution >= 0.6 is 23.2 Å². The predicted molar refractivity (Wildman–Crippen MR) is 112 cm³/mol. The lowest BCUT2D eigenvalue weighted by Gasteiger charge is -2.50. The van der Waals surface area contributed by atoms with Crippen LogP contribution in [0.2, 0.25) is 0 Å². The summed E-state index contributed by atoms with van der Waals surface area (Å²) in [7, 11) is 0. The first-order chi connectivity index (χ1) is 13.5. The lowest BCUT2D eigenvalue weighted by atomic mass is 9.63. The number of nitrogens with one attached hydrogen (secondary N) is 1. The maximum Gasteiger partial charge on any atom is 0.270 e. The molecule has 1 aromatic carbocycles. The van der Waals surface area contributed by atoms with Crippen LogP contribution in [-0.2, 0) is 0 Å². The lowest BCUT2D eigenvalue weighted by Crippen LogP contribution is -2.52. The van der Waals surface area contributed by atoms with Crippen molar-refractivity contribution in [2.24, 2.45) is 23.7 Å². The SMILES string of the molecule is O=C(N[C@@H](c1ccccc1)[C@H]1C2CC3C[C@]1(Cl)C[C@H](Cl)C3C2)c1ccccn1. The Morgan fingerprint density at radius 1 is 1.07 bits per heavy atom. The van der Waals surface area contributed by atoms with Gasteiger partial charge in [-0.05, 0) is 61.1 Å². The Morgan fingerprint density at radius 2 is 1.86 bits per heavy atom. The molecule has 3 saturated carbocycles. The van der Waals surface area contributed by atoms with Gasteiger partial charge in [0.1, 0.15) is 5.69 Å². The number of fused-ring (bicyclic) bond motifs is 2. The summed E-state index contributed by atoms with van der Waals surface area (Å²) in [6.45, 7) is 0. The molecule has 1 amide bonds. The van der Waals surface area contributed by atoms with Crippen molar-refractivity contribution < 1.29 is 4.79 Å². The number of hydrogen-bond acceptors (Lipinski definition) is 2. The van der Waals surface area contributed by atoms with Crippen molar-refractivity contribution in [2.45, 2.75) is 42.0 Å². The molecular formula is C23H24Cl2N2O. The van der Waals surface area contributed by atoms with E-state index in [1.165, 1.54) is 6.42 Å². The van der Waals surface area contributed by atoms with Gasteiger partial charge in [0.25, 0.3) is 5.91 Å². The molecule has 0 aliphatic heterocycles. The molecule has 5 rings (SSSR count). The standard InChI is InChI=1S/C23H24Cl2N2O/c24-18-13-23(25)12-16-10-15(11-17(16)18)20(23)21(14-6-2-1-3-7-14)27-22(28)19-8-4-5-9-26-19/h1-9,15-18,20-21H,10-13H2,(H,27,28)/t15?,16?,17?,18-,20+,21-,23-/m0/s1. The second kappa shape index (κ2) is 7.03. The smallest absolute Gasteiger partial charge is 0.270 e. The number of hydrogen-bond donors (Lipinski definition) is 1. The molecule has 1 aromatic heterocycles. The average molecular weight is 415 g/mol. The van der Waals surface area contributed by atoms with Gasteiger partial charge in [-0.2, -0.15) is 0 Å². The van der Waals surface area contributed by atoms with Gasteiger partial charge in [0.15, 0.2) is 0 Å². The van der Waals surface area contributed by atoms with Crippen LogP contribution in [0.5, 0.6) is 0 Å². The third kappa shape index (κ3) is 3.04. The third-order valence-corrected chi connectivity index (χ3v) is 8.23. The van der Waals surface area contributed by atoms with Crippen molar-refractivity contribution in [1.82, 2.24) is 10.3 Å². The van der Waals surface area contributed by atoms with E-state index in [0.29, 0.717) is 23.4 Å².